The molecule has 0 saturated heterocycles. The van der Waals surface area contributed by atoms with Gasteiger partial charge < -0.3 is 15.4 Å². The molecule has 2 aromatic carbocycles. The Labute approximate surface area is 182 Å². The minimum atomic E-state index is -0.930. The number of hydrogen-bond acceptors (Lipinski definition) is 5. The molecule has 5 rings (SSSR count). The highest BCUT2D eigenvalue weighted by molar-refractivity contribution is 7.22. The first kappa shape index (κ1) is 19.3. The largest absolute Gasteiger partial charge is 0.478 e. The number of anilines is 1. The van der Waals surface area contributed by atoms with Gasteiger partial charge in [-0.05, 0) is 48.2 Å². The van der Waals surface area contributed by atoms with Crippen LogP contribution < -0.4 is 5.32 Å². The van der Waals surface area contributed by atoms with Crippen molar-refractivity contribution in [2.24, 2.45) is 0 Å². The Morgan fingerprint density at radius 2 is 2.00 bits per heavy atom. The SMILES string of the molecule is O=C(O)c1cccc(-c2cc3ncnc(NCCCc4c[nH]c5ccccc45)c3s2)c1. The second kappa shape index (κ2) is 8.20. The molecule has 0 fully saturated rings. The molecule has 3 heterocycles. The molecule has 0 unspecified atom stereocenters. The van der Waals surface area contributed by atoms with Crippen LogP contribution in [0.25, 0.3) is 31.6 Å². The van der Waals surface area contributed by atoms with Crippen LogP contribution in [0.4, 0.5) is 5.82 Å². The van der Waals surface area contributed by atoms with E-state index in [1.54, 1.807) is 35.9 Å². The molecule has 6 nitrogen and oxygen atoms in total. The molecule has 0 atom stereocenters. The molecule has 0 aliphatic rings. The van der Waals surface area contributed by atoms with E-state index in [0.29, 0.717) is 0 Å². The van der Waals surface area contributed by atoms with E-state index in [-0.39, 0.29) is 5.56 Å². The molecule has 5 aromatic rings. The van der Waals surface area contributed by atoms with Crippen LogP contribution in [0, 0.1) is 0 Å². The number of hydrogen-bond donors (Lipinski definition) is 3. The van der Waals surface area contributed by atoms with Crippen LogP contribution in [0.15, 0.2) is 67.1 Å². The van der Waals surface area contributed by atoms with Crippen molar-refractivity contribution in [3.63, 3.8) is 0 Å². The van der Waals surface area contributed by atoms with Crippen molar-refractivity contribution >= 4 is 44.2 Å². The van der Waals surface area contributed by atoms with Crippen LogP contribution in [0.1, 0.15) is 22.3 Å². The minimum Gasteiger partial charge on any atom is -0.478 e. The van der Waals surface area contributed by atoms with E-state index in [0.717, 1.165) is 45.9 Å². The Morgan fingerprint density at radius 1 is 1.10 bits per heavy atom. The Bertz CT molecular complexity index is 1390. The number of aromatic nitrogens is 3. The summed E-state index contributed by atoms with van der Waals surface area (Å²) in [7, 11) is 0. The van der Waals surface area contributed by atoms with Crippen LogP contribution in [0.5, 0.6) is 0 Å². The van der Waals surface area contributed by atoms with Gasteiger partial charge in [0, 0.05) is 28.5 Å². The molecule has 0 saturated carbocycles. The fourth-order valence-corrected chi connectivity index (χ4v) is 4.83. The number of nitrogens with one attached hydrogen (secondary N) is 2. The average molecular weight is 429 g/mol. The van der Waals surface area contributed by atoms with Gasteiger partial charge in [-0.2, -0.15) is 0 Å². The summed E-state index contributed by atoms with van der Waals surface area (Å²) in [4.78, 5) is 24.4. The van der Waals surface area contributed by atoms with Crippen molar-refractivity contribution in [2.45, 2.75) is 12.8 Å². The number of carbonyl (C=O) groups is 1. The smallest absolute Gasteiger partial charge is 0.335 e. The molecule has 3 aromatic heterocycles. The highest BCUT2D eigenvalue weighted by atomic mass is 32.1. The molecule has 0 aliphatic carbocycles. The normalized spacial score (nSPS) is 11.2. The lowest BCUT2D eigenvalue weighted by atomic mass is 10.1. The molecule has 0 amide bonds. The van der Waals surface area contributed by atoms with Crippen LogP contribution in [-0.2, 0) is 6.42 Å². The van der Waals surface area contributed by atoms with Gasteiger partial charge in [0.15, 0.2) is 0 Å². The van der Waals surface area contributed by atoms with Crippen molar-refractivity contribution < 1.29 is 9.90 Å². The van der Waals surface area contributed by atoms with E-state index < -0.39 is 5.97 Å². The van der Waals surface area contributed by atoms with E-state index in [9.17, 15) is 9.90 Å². The maximum Gasteiger partial charge on any atom is 0.335 e. The van der Waals surface area contributed by atoms with Crippen molar-refractivity contribution in [1.82, 2.24) is 15.0 Å². The summed E-state index contributed by atoms with van der Waals surface area (Å²) in [5.41, 5.74) is 4.49. The molecular weight excluding hydrogens is 408 g/mol. The number of aromatic carboxylic acids is 1. The van der Waals surface area contributed by atoms with E-state index in [2.05, 4.69) is 44.7 Å². The molecule has 0 spiro atoms. The number of aryl methyl sites for hydroxylation is 1. The van der Waals surface area contributed by atoms with Gasteiger partial charge in [-0.3, -0.25) is 0 Å². The van der Waals surface area contributed by atoms with Crippen LogP contribution in [-0.4, -0.2) is 32.6 Å². The summed E-state index contributed by atoms with van der Waals surface area (Å²) in [6, 6.07) is 17.3. The fourth-order valence-electron chi connectivity index (χ4n) is 3.75. The molecule has 0 aliphatic heterocycles. The molecule has 154 valence electrons. The fraction of sp³-hybridized carbons (Fsp3) is 0.125. The predicted molar refractivity (Wildman–Crippen MR) is 125 cm³/mol. The maximum atomic E-state index is 11.3. The van der Waals surface area contributed by atoms with Crippen molar-refractivity contribution in [3.8, 4) is 10.4 Å². The summed E-state index contributed by atoms with van der Waals surface area (Å²) >= 11 is 1.57. The number of nitrogens with zero attached hydrogens (tertiary/aromatic N) is 2. The first-order chi connectivity index (χ1) is 15.2. The van der Waals surface area contributed by atoms with Crippen LogP contribution in [0.3, 0.4) is 0 Å². The van der Waals surface area contributed by atoms with Gasteiger partial charge in [-0.1, -0.05) is 30.3 Å². The number of fused-ring (bicyclic) bond motifs is 2. The Kier molecular flexibility index (Phi) is 5.09. The average Bonchev–Trinajstić information content (AvgIpc) is 3.42. The van der Waals surface area contributed by atoms with Gasteiger partial charge in [-0.25, -0.2) is 14.8 Å². The standard InChI is InChI=1S/C24H20N4O2S/c29-24(30)16-6-3-5-15(11-16)21-12-20-22(31-21)23(28-14-27-20)25-10-4-7-17-13-26-19-9-2-1-8-18(17)19/h1-3,5-6,8-9,11-14,26H,4,7,10H2,(H,29,30)(H,25,27,28). The number of H-pyrrole nitrogens is 1. The second-order valence-electron chi connectivity index (χ2n) is 7.32. The number of para-hydroxylation sites is 1. The Hall–Kier alpha value is -3.71. The lowest BCUT2D eigenvalue weighted by Gasteiger charge is -2.06. The minimum absolute atomic E-state index is 0.275. The van der Waals surface area contributed by atoms with Gasteiger partial charge in [0.2, 0.25) is 0 Å². The summed E-state index contributed by atoms with van der Waals surface area (Å²) < 4.78 is 0.977. The van der Waals surface area contributed by atoms with E-state index in [1.165, 1.54) is 16.5 Å². The number of carboxylic acid groups (broad SMARTS) is 1. The Balaban J connectivity index is 1.31. The van der Waals surface area contributed by atoms with E-state index >= 15 is 0 Å². The van der Waals surface area contributed by atoms with Gasteiger partial charge in [0.25, 0.3) is 0 Å². The maximum absolute atomic E-state index is 11.3. The third-order valence-electron chi connectivity index (χ3n) is 5.30. The zero-order valence-corrected chi connectivity index (χ0v) is 17.4. The lowest BCUT2D eigenvalue weighted by molar-refractivity contribution is 0.0697. The van der Waals surface area contributed by atoms with E-state index in [4.69, 9.17) is 0 Å². The summed E-state index contributed by atoms with van der Waals surface area (Å²) in [6.07, 6.45) is 5.61. The quantitative estimate of drug-likeness (QED) is 0.294. The number of aromatic amines is 1. The number of rotatable bonds is 7. The molecule has 0 bridgehead atoms. The van der Waals surface area contributed by atoms with Gasteiger partial charge in [-0.15, -0.1) is 11.3 Å². The highest BCUT2D eigenvalue weighted by Gasteiger charge is 2.12. The second-order valence-corrected chi connectivity index (χ2v) is 8.38. The van der Waals surface area contributed by atoms with Crippen molar-refractivity contribution in [2.75, 3.05) is 11.9 Å². The monoisotopic (exact) mass is 428 g/mol. The molecule has 0 radical (unpaired) electrons. The summed E-state index contributed by atoms with van der Waals surface area (Å²) in [6.45, 7) is 0.799. The number of carboxylic acids is 1. The van der Waals surface area contributed by atoms with Crippen molar-refractivity contribution in [1.29, 1.82) is 0 Å². The Morgan fingerprint density at radius 3 is 2.90 bits per heavy atom. The first-order valence-electron chi connectivity index (χ1n) is 10.1. The topological polar surface area (TPSA) is 90.9 Å². The van der Waals surface area contributed by atoms with Crippen molar-refractivity contribution in [3.05, 3.63) is 78.2 Å². The van der Waals surface area contributed by atoms with Gasteiger partial charge in [0.1, 0.15) is 12.1 Å². The van der Waals surface area contributed by atoms with Crippen LogP contribution >= 0.6 is 11.3 Å². The molecule has 31 heavy (non-hydrogen) atoms. The van der Waals surface area contributed by atoms with Gasteiger partial charge >= 0.3 is 5.97 Å². The lowest BCUT2D eigenvalue weighted by Crippen LogP contribution is -2.04. The highest BCUT2D eigenvalue weighted by Crippen LogP contribution is 2.36. The first-order valence-corrected chi connectivity index (χ1v) is 10.9. The third-order valence-corrected chi connectivity index (χ3v) is 6.48. The van der Waals surface area contributed by atoms with Crippen LogP contribution in [0.2, 0.25) is 0 Å². The third kappa shape index (κ3) is 3.87. The number of thiophene rings is 1. The number of benzene rings is 2. The predicted octanol–water partition coefficient (Wildman–Crippen LogP) is 5.58. The summed E-state index contributed by atoms with van der Waals surface area (Å²) in [5.74, 6) is -0.116. The van der Waals surface area contributed by atoms with E-state index in [1.807, 2.05) is 18.2 Å². The molecular formula is C24H20N4O2S. The van der Waals surface area contributed by atoms with Gasteiger partial charge in [0.05, 0.1) is 15.8 Å². The molecule has 7 heteroatoms. The zero-order valence-electron chi connectivity index (χ0n) is 16.6. The zero-order chi connectivity index (χ0) is 21.2. The molecule has 3 N–H and O–H groups in total. The summed E-state index contributed by atoms with van der Waals surface area (Å²) in [5, 5.41) is 14.0.